The molecule has 1 amide bonds. The minimum absolute atomic E-state index is 0.0175. The van der Waals surface area contributed by atoms with Gasteiger partial charge in [0.15, 0.2) is 14.9 Å². The van der Waals surface area contributed by atoms with Crippen molar-refractivity contribution < 1.29 is 36.7 Å². The number of anilines is 1. The Morgan fingerprint density at radius 3 is 2.25 bits per heavy atom. The lowest BCUT2D eigenvalue weighted by molar-refractivity contribution is -0.139. The van der Waals surface area contributed by atoms with Gasteiger partial charge in [-0.05, 0) is 77.8 Å². The fourth-order valence-corrected chi connectivity index (χ4v) is 7.86. The molecule has 9 nitrogen and oxygen atoms in total. The summed E-state index contributed by atoms with van der Waals surface area (Å²) >= 11 is 1.49. The van der Waals surface area contributed by atoms with Crippen molar-refractivity contribution in [3.63, 3.8) is 0 Å². The maximum Gasteiger partial charge on any atom is 0.341 e. The summed E-state index contributed by atoms with van der Waals surface area (Å²) < 4.78 is 50.9. The van der Waals surface area contributed by atoms with Crippen molar-refractivity contribution in [1.29, 1.82) is 0 Å². The molecular formula is C35H41FN2O7S2Si. The normalized spacial score (nSPS) is 17.2. The predicted molar refractivity (Wildman–Crippen MR) is 190 cm³/mol. The Morgan fingerprint density at radius 1 is 1.06 bits per heavy atom. The van der Waals surface area contributed by atoms with Gasteiger partial charge in [0.1, 0.15) is 16.8 Å². The molecular weight excluding hydrogens is 672 g/mol. The minimum Gasteiger partial charge on any atom is -0.482 e. The number of rotatable bonds is 13. The van der Waals surface area contributed by atoms with E-state index >= 15 is 0 Å². The van der Waals surface area contributed by atoms with Gasteiger partial charge < -0.3 is 19.2 Å². The zero-order chi connectivity index (χ0) is 35.3. The molecule has 3 atom stereocenters. The van der Waals surface area contributed by atoms with Crippen molar-refractivity contribution in [1.82, 2.24) is 4.72 Å². The van der Waals surface area contributed by atoms with Gasteiger partial charge in [0.05, 0.1) is 24.9 Å². The Bertz CT molecular complexity index is 1770. The van der Waals surface area contributed by atoms with Crippen LogP contribution in [-0.4, -0.2) is 64.1 Å². The van der Waals surface area contributed by atoms with E-state index in [2.05, 4.69) is 50.4 Å². The van der Waals surface area contributed by atoms with Crippen LogP contribution in [0.15, 0.2) is 72.8 Å². The Kier molecular flexibility index (Phi) is 11.8. The van der Waals surface area contributed by atoms with Crippen LogP contribution < -0.4 is 14.4 Å². The van der Waals surface area contributed by atoms with E-state index in [0.29, 0.717) is 22.8 Å². The molecule has 256 valence electrons. The van der Waals surface area contributed by atoms with E-state index in [4.69, 9.17) is 14.3 Å². The first-order valence-corrected chi connectivity index (χ1v) is 21.2. The van der Waals surface area contributed by atoms with Crippen LogP contribution in [0.4, 0.5) is 10.1 Å². The summed E-state index contributed by atoms with van der Waals surface area (Å²) in [5.74, 6) is 5.05. The molecule has 4 rings (SSSR count). The highest BCUT2D eigenvalue weighted by Crippen LogP contribution is 2.47. The average Bonchev–Trinajstić information content (AvgIpc) is 3.00. The van der Waals surface area contributed by atoms with Crippen molar-refractivity contribution in [3.05, 3.63) is 95.3 Å². The van der Waals surface area contributed by atoms with Crippen molar-refractivity contribution >= 4 is 47.7 Å². The molecule has 3 aromatic rings. The molecule has 1 saturated heterocycles. The molecule has 1 heterocycles. The number of carbonyl (C=O) groups is 2. The number of aliphatic carboxylic acids is 1. The summed E-state index contributed by atoms with van der Waals surface area (Å²) in [5.41, 5.74) is 3.02. The van der Waals surface area contributed by atoms with Gasteiger partial charge in [-0.25, -0.2) is 22.3 Å². The summed E-state index contributed by atoms with van der Waals surface area (Å²) in [6.45, 7) is 10.3. The van der Waals surface area contributed by atoms with Gasteiger partial charge in [-0.2, -0.15) is 0 Å². The Labute approximate surface area is 287 Å². The second-order valence-corrected chi connectivity index (χ2v) is 20.8. The number of sulfonamides is 1. The van der Waals surface area contributed by atoms with Crippen LogP contribution in [-0.2, 0) is 24.0 Å². The van der Waals surface area contributed by atoms with Gasteiger partial charge in [-0.15, -0.1) is 11.8 Å². The molecule has 1 aliphatic heterocycles. The van der Waals surface area contributed by atoms with E-state index in [9.17, 15) is 22.4 Å². The summed E-state index contributed by atoms with van der Waals surface area (Å²) in [6.07, 6.45) is 0.706. The van der Waals surface area contributed by atoms with E-state index in [-0.39, 0.29) is 35.5 Å². The third-order valence-electron chi connectivity index (χ3n) is 8.34. The highest BCUT2D eigenvalue weighted by molar-refractivity contribution is 8.00. The number of carboxylic acids is 1. The van der Waals surface area contributed by atoms with E-state index in [0.717, 1.165) is 17.4 Å². The van der Waals surface area contributed by atoms with Crippen molar-refractivity contribution in [2.24, 2.45) is 0 Å². The fraction of sp³-hybridized carbons (Fsp3) is 0.371. The number of benzene rings is 3. The van der Waals surface area contributed by atoms with Crippen LogP contribution in [0.25, 0.3) is 0 Å². The van der Waals surface area contributed by atoms with Gasteiger partial charge in [0.25, 0.3) is 0 Å². The Balaban J connectivity index is 1.60. The van der Waals surface area contributed by atoms with E-state index < -0.39 is 36.2 Å². The standard InChI is InChI=1S/C35H41FN2O7S2Si/c1-35(2,3)48(5,6)45-30(25-11-15-27(36)16-12-25)23-46-33-32(26-13-19-29(20-14-26)44-22-31(39)40)38(34(33)41)28-17-9-24(10-18-28)8-7-21-37-47(4,42)43/h9-20,30,32-33,37H,21-23H2,1-6H3,(H,39,40)/t30-,32+,33+/m0/s1. The highest BCUT2D eigenvalue weighted by Gasteiger charge is 2.50. The molecule has 0 bridgehead atoms. The molecule has 13 heteroatoms. The third kappa shape index (κ3) is 9.70. The number of thioether (sulfide) groups is 1. The number of ether oxygens (including phenoxy) is 1. The Morgan fingerprint density at radius 2 is 1.69 bits per heavy atom. The number of nitrogens with zero attached hydrogens (tertiary/aromatic N) is 1. The number of carbonyl (C=O) groups excluding carboxylic acids is 1. The minimum atomic E-state index is -3.34. The van der Waals surface area contributed by atoms with Gasteiger partial charge in [-0.3, -0.25) is 4.79 Å². The van der Waals surface area contributed by atoms with Crippen LogP contribution in [0.1, 0.15) is 49.6 Å². The summed E-state index contributed by atoms with van der Waals surface area (Å²) in [5, 5.41) is 8.46. The number of β-lactam (4-membered cyclic amide) rings is 1. The molecule has 0 unspecified atom stereocenters. The number of nitrogens with one attached hydrogen (secondary N) is 1. The zero-order valence-electron chi connectivity index (χ0n) is 27.8. The van der Waals surface area contributed by atoms with Crippen LogP contribution in [0.2, 0.25) is 18.1 Å². The molecule has 1 fully saturated rings. The molecule has 0 spiro atoms. The predicted octanol–water partition coefficient (Wildman–Crippen LogP) is 6.14. The van der Waals surface area contributed by atoms with Gasteiger partial charge in [-0.1, -0.05) is 56.9 Å². The molecule has 2 N–H and O–H groups in total. The number of amides is 1. The van der Waals surface area contributed by atoms with Crippen molar-refractivity contribution in [2.75, 3.05) is 30.1 Å². The first-order chi connectivity index (χ1) is 22.4. The number of hydrogen-bond acceptors (Lipinski definition) is 7. The van der Waals surface area contributed by atoms with Gasteiger partial charge in [0.2, 0.25) is 15.9 Å². The SMILES string of the molecule is CC(C)(C)[Si](C)(C)O[C@@H](CS[C@H]1C(=O)N(c2ccc(C#CCNS(C)(=O)=O)cc2)[C@@H]1c1ccc(OCC(=O)O)cc1)c1ccc(F)cc1. The lowest BCUT2D eigenvalue weighted by Crippen LogP contribution is -2.58. The van der Waals surface area contributed by atoms with E-state index in [1.165, 1.54) is 23.9 Å². The molecule has 48 heavy (non-hydrogen) atoms. The Hall–Kier alpha value is -3.67. The smallest absolute Gasteiger partial charge is 0.341 e. The lowest BCUT2D eigenvalue weighted by atomic mass is 9.92. The number of carboxylic acid groups (broad SMARTS) is 1. The van der Waals surface area contributed by atoms with Crippen LogP contribution >= 0.6 is 11.8 Å². The monoisotopic (exact) mass is 712 g/mol. The second-order valence-electron chi connectivity index (χ2n) is 13.0. The quantitative estimate of drug-likeness (QED) is 0.123. The van der Waals surface area contributed by atoms with Gasteiger partial charge >= 0.3 is 5.97 Å². The molecule has 0 saturated carbocycles. The molecule has 3 aromatic carbocycles. The first-order valence-electron chi connectivity index (χ1n) is 15.3. The molecule has 0 aliphatic carbocycles. The van der Waals surface area contributed by atoms with Gasteiger partial charge in [0, 0.05) is 17.0 Å². The van der Waals surface area contributed by atoms with Crippen molar-refractivity contribution in [2.45, 2.75) is 56.3 Å². The number of halogens is 1. The summed E-state index contributed by atoms with van der Waals surface area (Å²) in [7, 11) is -5.59. The third-order valence-corrected chi connectivity index (χ3v) is 14.8. The van der Waals surface area contributed by atoms with E-state index in [1.54, 1.807) is 53.4 Å². The summed E-state index contributed by atoms with van der Waals surface area (Å²) in [6, 6.07) is 20.1. The maximum atomic E-state index is 13.9. The number of hydrogen-bond donors (Lipinski definition) is 2. The van der Waals surface area contributed by atoms with Crippen LogP contribution in [0.3, 0.4) is 0 Å². The van der Waals surface area contributed by atoms with Crippen LogP contribution in [0, 0.1) is 17.7 Å². The van der Waals surface area contributed by atoms with E-state index in [1.807, 2.05) is 12.1 Å². The highest BCUT2D eigenvalue weighted by atomic mass is 32.2. The average molecular weight is 713 g/mol. The fourth-order valence-electron chi connectivity index (χ4n) is 4.76. The van der Waals surface area contributed by atoms with Crippen molar-refractivity contribution in [3.8, 4) is 17.6 Å². The lowest BCUT2D eigenvalue weighted by Gasteiger charge is -2.47. The largest absolute Gasteiger partial charge is 0.482 e. The maximum absolute atomic E-state index is 13.9. The molecule has 0 aromatic heterocycles. The zero-order valence-corrected chi connectivity index (χ0v) is 30.5. The second kappa shape index (κ2) is 15.3. The summed E-state index contributed by atoms with van der Waals surface area (Å²) in [4.78, 5) is 26.5. The molecule has 0 radical (unpaired) electrons. The molecule has 1 aliphatic rings. The first kappa shape index (κ1) is 37.2. The topological polar surface area (TPSA) is 122 Å². The van der Waals surface area contributed by atoms with Crippen LogP contribution in [0.5, 0.6) is 5.75 Å².